The molecule has 0 aromatic heterocycles. The Morgan fingerprint density at radius 3 is 2.86 bits per heavy atom. The van der Waals surface area contributed by atoms with E-state index in [2.05, 4.69) is 21.2 Å². The van der Waals surface area contributed by atoms with Crippen molar-refractivity contribution in [2.45, 2.75) is 19.3 Å². The maximum atomic E-state index is 5.98. The van der Waals surface area contributed by atoms with E-state index in [4.69, 9.17) is 11.6 Å². The van der Waals surface area contributed by atoms with Crippen LogP contribution in [0.15, 0.2) is 22.7 Å². The van der Waals surface area contributed by atoms with Crippen LogP contribution in [0.1, 0.15) is 19.3 Å². The molecule has 0 bridgehead atoms. The zero-order valence-electron chi connectivity index (χ0n) is 7.89. The molecule has 0 radical (unpaired) electrons. The van der Waals surface area contributed by atoms with E-state index in [9.17, 15) is 0 Å². The van der Waals surface area contributed by atoms with Crippen LogP contribution < -0.4 is 5.32 Å². The second-order valence-electron chi connectivity index (χ2n) is 3.79. The molecule has 1 fully saturated rings. The molecule has 0 unspecified atom stereocenters. The Labute approximate surface area is 98.0 Å². The SMILES string of the molecule is Clc1cc(NCCC2CC2)ccc1Br. The van der Waals surface area contributed by atoms with E-state index >= 15 is 0 Å². The highest BCUT2D eigenvalue weighted by molar-refractivity contribution is 9.10. The molecule has 1 aliphatic carbocycles. The van der Waals surface area contributed by atoms with Gasteiger partial charge in [-0.1, -0.05) is 24.4 Å². The summed E-state index contributed by atoms with van der Waals surface area (Å²) >= 11 is 9.35. The molecule has 2 rings (SSSR count). The summed E-state index contributed by atoms with van der Waals surface area (Å²) in [5.41, 5.74) is 1.11. The number of hydrogen-bond donors (Lipinski definition) is 1. The van der Waals surface area contributed by atoms with E-state index in [-0.39, 0.29) is 0 Å². The van der Waals surface area contributed by atoms with Crippen LogP contribution in [-0.4, -0.2) is 6.54 Å². The second-order valence-corrected chi connectivity index (χ2v) is 5.05. The average Bonchev–Trinajstić information content (AvgIpc) is 2.95. The van der Waals surface area contributed by atoms with Gasteiger partial charge in [-0.3, -0.25) is 0 Å². The van der Waals surface area contributed by atoms with Gasteiger partial charge in [-0.2, -0.15) is 0 Å². The van der Waals surface area contributed by atoms with E-state index in [0.717, 1.165) is 27.6 Å². The van der Waals surface area contributed by atoms with Crippen LogP contribution in [0.25, 0.3) is 0 Å². The molecule has 1 aliphatic rings. The Morgan fingerprint density at radius 1 is 1.43 bits per heavy atom. The molecule has 14 heavy (non-hydrogen) atoms. The zero-order valence-corrected chi connectivity index (χ0v) is 10.2. The van der Waals surface area contributed by atoms with Crippen molar-refractivity contribution in [3.05, 3.63) is 27.7 Å². The van der Waals surface area contributed by atoms with Crippen LogP contribution in [0.5, 0.6) is 0 Å². The fourth-order valence-corrected chi connectivity index (χ4v) is 1.86. The molecule has 0 heterocycles. The van der Waals surface area contributed by atoms with Crippen molar-refractivity contribution in [3.8, 4) is 0 Å². The third-order valence-corrected chi connectivity index (χ3v) is 3.73. The van der Waals surface area contributed by atoms with Crippen LogP contribution in [0.2, 0.25) is 5.02 Å². The van der Waals surface area contributed by atoms with Gasteiger partial charge in [0.2, 0.25) is 0 Å². The summed E-state index contributed by atoms with van der Waals surface area (Å²) in [7, 11) is 0. The second kappa shape index (κ2) is 4.54. The van der Waals surface area contributed by atoms with E-state index in [1.54, 1.807) is 0 Å². The van der Waals surface area contributed by atoms with Gasteiger partial charge in [0.05, 0.1) is 5.02 Å². The summed E-state index contributed by atoms with van der Waals surface area (Å²) < 4.78 is 0.951. The lowest BCUT2D eigenvalue weighted by molar-refractivity contribution is 0.760. The summed E-state index contributed by atoms with van der Waals surface area (Å²) in [6, 6.07) is 5.98. The molecule has 1 nitrogen and oxygen atoms in total. The Bertz CT molecular complexity index is 323. The number of anilines is 1. The van der Waals surface area contributed by atoms with Gasteiger partial charge in [-0.05, 0) is 46.5 Å². The molecule has 0 aliphatic heterocycles. The van der Waals surface area contributed by atoms with Crippen molar-refractivity contribution in [3.63, 3.8) is 0 Å². The topological polar surface area (TPSA) is 12.0 Å². The Balaban J connectivity index is 1.85. The molecule has 0 spiro atoms. The number of halogens is 2. The first-order chi connectivity index (χ1) is 6.75. The highest BCUT2D eigenvalue weighted by atomic mass is 79.9. The lowest BCUT2D eigenvalue weighted by Gasteiger charge is -2.06. The minimum absolute atomic E-state index is 0.765. The van der Waals surface area contributed by atoms with Crippen molar-refractivity contribution < 1.29 is 0 Å². The first kappa shape index (κ1) is 10.3. The van der Waals surface area contributed by atoms with Crippen LogP contribution in [0, 0.1) is 5.92 Å². The van der Waals surface area contributed by atoms with Crippen LogP contribution in [0.3, 0.4) is 0 Å². The van der Waals surface area contributed by atoms with Crippen molar-refractivity contribution in [2.75, 3.05) is 11.9 Å². The van der Waals surface area contributed by atoms with E-state index in [1.165, 1.54) is 19.3 Å². The summed E-state index contributed by atoms with van der Waals surface area (Å²) in [4.78, 5) is 0. The molecule has 0 saturated heterocycles. The number of rotatable bonds is 4. The highest BCUT2D eigenvalue weighted by Gasteiger charge is 2.20. The van der Waals surface area contributed by atoms with Crippen LogP contribution in [0.4, 0.5) is 5.69 Å². The van der Waals surface area contributed by atoms with Crippen LogP contribution >= 0.6 is 27.5 Å². The highest BCUT2D eigenvalue weighted by Crippen LogP contribution is 2.32. The minimum Gasteiger partial charge on any atom is -0.385 e. The van der Waals surface area contributed by atoms with Gasteiger partial charge in [0.15, 0.2) is 0 Å². The number of hydrogen-bond acceptors (Lipinski definition) is 1. The van der Waals surface area contributed by atoms with Crippen molar-refractivity contribution in [2.24, 2.45) is 5.92 Å². The number of benzene rings is 1. The standard InChI is InChI=1S/C11H13BrClN/c12-10-4-3-9(7-11(10)13)14-6-5-8-1-2-8/h3-4,7-8,14H,1-2,5-6H2. The maximum absolute atomic E-state index is 5.98. The van der Waals surface area contributed by atoms with E-state index in [0.29, 0.717) is 0 Å². The molecular formula is C11H13BrClN. The first-order valence-corrected chi connectivity index (χ1v) is 6.12. The third-order valence-electron chi connectivity index (χ3n) is 2.50. The Morgan fingerprint density at radius 2 is 2.21 bits per heavy atom. The Hall–Kier alpha value is -0.210. The van der Waals surface area contributed by atoms with Gasteiger partial charge in [0.1, 0.15) is 0 Å². The largest absolute Gasteiger partial charge is 0.385 e. The molecule has 1 aromatic rings. The molecule has 76 valence electrons. The normalized spacial score (nSPS) is 15.6. The van der Waals surface area contributed by atoms with E-state index in [1.807, 2.05) is 18.2 Å². The lowest BCUT2D eigenvalue weighted by Crippen LogP contribution is -2.01. The quantitative estimate of drug-likeness (QED) is 0.862. The first-order valence-electron chi connectivity index (χ1n) is 4.94. The fourth-order valence-electron chi connectivity index (χ4n) is 1.43. The van der Waals surface area contributed by atoms with Gasteiger partial charge in [0, 0.05) is 16.7 Å². The molecular weight excluding hydrogens is 261 g/mol. The third kappa shape index (κ3) is 2.89. The summed E-state index contributed by atoms with van der Waals surface area (Å²) in [5, 5.41) is 4.14. The van der Waals surface area contributed by atoms with Crippen LogP contribution in [-0.2, 0) is 0 Å². The van der Waals surface area contributed by atoms with Gasteiger partial charge in [-0.25, -0.2) is 0 Å². The van der Waals surface area contributed by atoms with E-state index < -0.39 is 0 Å². The maximum Gasteiger partial charge on any atom is 0.0568 e. The lowest BCUT2D eigenvalue weighted by atomic mass is 10.2. The molecule has 1 aromatic carbocycles. The predicted octanol–water partition coefficient (Wildman–Crippen LogP) is 4.31. The average molecular weight is 275 g/mol. The molecule has 3 heteroatoms. The Kier molecular flexibility index (Phi) is 3.34. The van der Waals surface area contributed by atoms with Gasteiger partial charge < -0.3 is 5.32 Å². The van der Waals surface area contributed by atoms with Gasteiger partial charge in [-0.15, -0.1) is 0 Å². The monoisotopic (exact) mass is 273 g/mol. The molecule has 1 saturated carbocycles. The molecule has 1 N–H and O–H groups in total. The number of nitrogens with one attached hydrogen (secondary N) is 1. The summed E-state index contributed by atoms with van der Waals surface area (Å²) in [5.74, 6) is 0.980. The minimum atomic E-state index is 0.765. The fraction of sp³-hybridized carbons (Fsp3) is 0.455. The van der Waals surface area contributed by atoms with Gasteiger partial charge >= 0.3 is 0 Å². The van der Waals surface area contributed by atoms with Gasteiger partial charge in [0.25, 0.3) is 0 Å². The summed E-state index contributed by atoms with van der Waals surface area (Å²) in [6.45, 7) is 1.06. The summed E-state index contributed by atoms with van der Waals surface area (Å²) in [6.07, 6.45) is 4.12. The zero-order chi connectivity index (χ0) is 9.97. The molecule has 0 amide bonds. The van der Waals surface area contributed by atoms with Crippen molar-refractivity contribution in [1.82, 2.24) is 0 Å². The molecule has 0 atom stereocenters. The predicted molar refractivity (Wildman–Crippen MR) is 65.0 cm³/mol. The smallest absolute Gasteiger partial charge is 0.0568 e. The van der Waals surface area contributed by atoms with Crippen molar-refractivity contribution >= 4 is 33.2 Å². The van der Waals surface area contributed by atoms with Crippen molar-refractivity contribution in [1.29, 1.82) is 0 Å².